The molecule has 1 aliphatic rings. The first-order valence-corrected chi connectivity index (χ1v) is 6.25. The van der Waals surface area contributed by atoms with Gasteiger partial charge in [0, 0.05) is 26.8 Å². The van der Waals surface area contributed by atoms with Crippen molar-refractivity contribution in [1.29, 1.82) is 0 Å². The van der Waals surface area contributed by atoms with Crippen LogP contribution < -0.4 is 0 Å². The van der Waals surface area contributed by atoms with Crippen LogP contribution in [0.1, 0.15) is 23.2 Å². The van der Waals surface area contributed by atoms with Crippen LogP contribution in [0.2, 0.25) is 0 Å². The number of hydrogen-bond donors (Lipinski definition) is 0. The van der Waals surface area contributed by atoms with Crippen molar-refractivity contribution in [3.63, 3.8) is 0 Å². The number of ether oxygens (including phenoxy) is 1. The minimum absolute atomic E-state index is 0.169. The number of halogens is 1. The molecule has 98 valence electrons. The van der Waals surface area contributed by atoms with Crippen LogP contribution in [-0.4, -0.2) is 37.6 Å². The van der Waals surface area contributed by atoms with Crippen LogP contribution in [0.4, 0.5) is 4.39 Å². The fourth-order valence-corrected chi connectivity index (χ4v) is 2.34. The Morgan fingerprint density at radius 3 is 2.67 bits per heavy atom. The molecule has 2 rings (SSSR count). The summed E-state index contributed by atoms with van der Waals surface area (Å²) >= 11 is 0. The van der Waals surface area contributed by atoms with E-state index in [0.29, 0.717) is 19.0 Å². The highest BCUT2D eigenvalue weighted by Gasteiger charge is 2.24. The van der Waals surface area contributed by atoms with E-state index in [9.17, 15) is 9.18 Å². The van der Waals surface area contributed by atoms with Gasteiger partial charge in [-0.1, -0.05) is 12.1 Å². The summed E-state index contributed by atoms with van der Waals surface area (Å²) < 4.78 is 18.6. The minimum Gasteiger partial charge on any atom is -0.384 e. The average Bonchev–Trinajstić information content (AvgIpc) is 2.40. The summed E-state index contributed by atoms with van der Waals surface area (Å²) in [5, 5.41) is 0. The fourth-order valence-electron chi connectivity index (χ4n) is 2.34. The van der Waals surface area contributed by atoms with E-state index >= 15 is 0 Å². The largest absolute Gasteiger partial charge is 0.384 e. The summed E-state index contributed by atoms with van der Waals surface area (Å²) in [6, 6.07) is 6.15. The quantitative estimate of drug-likeness (QED) is 0.825. The second-order valence-electron chi connectivity index (χ2n) is 4.67. The highest BCUT2D eigenvalue weighted by molar-refractivity contribution is 5.94. The van der Waals surface area contributed by atoms with Crippen molar-refractivity contribution in [3.05, 3.63) is 35.6 Å². The lowest BCUT2D eigenvalue weighted by atomic mass is 9.97. The van der Waals surface area contributed by atoms with E-state index in [1.807, 2.05) is 0 Å². The topological polar surface area (TPSA) is 29.5 Å². The van der Waals surface area contributed by atoms with Crippen LogP contribution in [0.25, 0.3) is 0 Å². The van der Waals surface area contributed by atoms with Crippen molar-refractivity contribution in [2.75, 3.05) is 26.8 Å². The summed E-state index contributed by atoms with van der Waals surface area (Å²) in [6.07, 6.45) is 1.85. The third kappa shape index (κ3) is 2.88. The molecule has 0 N–H and O–H groups in total. The van der Waals surface area contributed by atoms with E-state index in [4.69, 9.17) is 4.74 Å². The number of methoxy groups -OCH3 is 1. The molecule has 0 saturated carbocycles. The molecular weight excluding hydrogens is 233 g/mol. The maximum Gasteiger partial charge on any atom is 0.256 e. The molecule has 4 heteroatoms. The van der Waals surface area contributed by atoms with Gasteiger partial charge in [0.1, 0.15) is 5.82 Å². The van der Waals surface area contributed by atoms with Gasteiger partial charge in [-0.2, -0.15) is 0 Å². The van der Waals surface area contributed by atoms with Crippen molar-refractivity contribution in [2.24, 2.45) is 5.92 Å². The van der Waals surface area contributed by atoms with Gasteiger partial charge in [-0.25, -0.2) is 4.39 Å². The first kappa shape index (κ1) is 13.0. The molecule has 18 heavy (non-hydrogen) atoms. The van der Waals surface area contributed by atoms with Gasteiger partial charge in [-0.3, -0.25) is 4.79 Å². The molecule has 3 nitrogen and oxygen atoms in total. The van der Waals surface area contributed by atoms with Crippen LogP contribution in [0.15, 0.2) is 24.3 Å². The van der Waals surface area contributed by atoms with Gasteiger partial charge in [0.15, 0.2) is 0 Å². The van der Waals surface area contributed by atoms with Gasteiger partial charge in [-0.05, 0) is 30.9 Å². The maximum absolute atomic E-state index is 13.5. The molecule has 1 aromatic carbocycles. The number of amides is 1. The second kappa shape index (κ2) is 5.96. The number of carbonyl (C=O) groups is 1. The number of piperidine rings is 1. The second-order valence-corrected chi connectivity index (χ2v) is 4.67. The Hall–Kier alpha value is -1.42. The Labute approximate surface area is 107 Å². The van der Waals surface area contributed by atoms with E-state index in [1.54, 1.807) is 30.2 Å². The molecular formula is C14H18FNO2. The van der Waals surface area contributed by atoms with Crippen LogP contribution in [0, 0.1) is 11.7 Å². The van der Waals surface area contributed by atoms with Gasteiger partial charge in [0.05, 0.1) is 5.56 Å². The number of rotatable bonds is 3. The summed E-state index contributed by atoms with van der Waals surface area (Å²) in [4.78, 5) is 13.9. The van der Waals surface area contributed by atoms with Crippen molar-refractivity contribution in [3.8, 4) is 0 Å². The standard InChI is InChI=1S/C14H18FNO2/c1-18-10-11-6-8-16(9-7-11)14(17)12-4-2-3-5-13(12)15/h2-5,11H,6-10H2,1H3. The maximum atomic E-state index is 13.5. The smallest absolute Gasteiger partial charge is 0.256 e. The average molecular weight is 251 g/mol. The molecule has 1 aromatic rings. The highest BCUT2D eigenvalue weighted by atomic mass is 19.1. The first-order chi connectivity index (χ1) is 8.72. The number of carbonyl (C=O) groups excluding carboxylic acids is 1. The van der Waals surface area contributed by atoms with Crippen molar-refractivity contribution in [2.45, 2.75) is 12.8 Å². The van der Waals surface area contributed by atoms with Crippen LogP contribution in [0.5, 0.6) is 0 Å². The molecule has 1 saturated heterocycles. The lowest BCUT2D eigenvalue weighted by Crippen LogP contribution is -2.39. The number of likely N-dealkylation sites (tertiary alicyclic amines) is 1. The van der Waals surface area contributed by atoms with E-state index in [-0.39, 0.29) is 11.5 Å². The summed E-state index contributed by atoms with van der Waals surface area (Å²) in [7, 11) is 1.69. The number of hydrogen-bond acceptors (Lipinski definition) is 2. The Kier molecular flexibility index (Phi) is 4.31. The predicted octanol–water partition coefficient (Wildman–Crippen LogP) is 2.32. The SMILES string of the molecule is COCC1CCN(C(=O)c2ccccc2F)CC1. The number of nitrogens with zero attached hydrogens (tertiary/aromatic N) is 1. The molecule has 1 amide bonds. The molecule has 0 aliphatic carbocycles. The van der Waals surface area contributed by atoms with E-state index in [1.165, 1.54) is 6.07 Å². The molecule has 1 aliphatic heterocycles. The van der Waals surface area contributed by atoms with E-state index in [0.717, 1.165) is 19.4 Å². The molecule has 0 spiro atoms. The Bertz CT molecular complexity index is 414. The molecule has 0 bridgehead atoms. The number of benzene rings is 1. The lowest BCUT2D eigenvalue weighted by molar-refractivity contribution is 0.0609. The van der Waals surface area contributed by atoms with Gasteiger partial charge in [-0.15, -0.1) is 0 Å². The zero-order valence-corrected chi connectivity index (χ0v) is 10.6. The molecule has 0 atom stereocenters. The molecule has 0 radical (unpaired) electrons. The third-order valence-corrected chi connectivity index (χ3v) is 3.41. The molecule has 0 aromatic heterocycles. The Morgan fingerprint density at radius 2 is 2.06 bits per heavy atom. The zero-order chi connectivity index (χ0) is 13.0. The first-order valence-electron chi connectivity index (χ1n) is 6.25. The Morgan fingerprint density at radius 1 is 1.39 bits per heavy atom. The molecule has 0 unspecified atom stereocenters. The fraction of sp³-hybridized carbons (Fsp3) is 0.500. The normalized spacial score (nSPS) is 16.9. The van der Waals surface area contributed by atoms with Gasteiger partial charge in [0.25, 0.3) is 5.91 Å². The zero-order valence-electron chi connectivity index (χ0n) is 10.6. The Balaban J connectivity index is 1.98. The molecule has 1 fully saturated rings. The van der Waals surface area contributed by atoms with E-state index in [2.05, 4.69) is 0 Å². The highest BCUT2D eigenvalue weighted by Crippen LogP contribution is 2.20. The predicted molar refractivity (Wildman–Crippen MR) is 66.9 cm³/mol. The van der Waals surface area contributed by atoms with Gasteiger partial charge in [0.2, 0.25) is 0 Å². The van der Waals surface area contributed by atoms with Crippen molar-refractivity contribution < 1.29 is 13.9 Å². The van der Waals surface area contributed by atoms with Crippen molar-refractivity contribution >= 4 is 5.91 Å². The monoisotopic (exact) mass is 251 g/mol. The van der Waals surface area contributed by atoms with Crippen LogP contribution >= 0.6 is 0 Å². The van der Waals surface area contributed by atoms with Crippen molar-refractivity contribution in [1.82, 2.24) is 4.90 Å². The van der Waals surface area contributed by atoms with E-state index < -0.39 is 5.82 Å². The summed E-state index contributed by atoms with van der Waals surface area (Å²) in [5.74, 6) is -0.134. The minimum atomic E-state index is -0.443. The molecule has 1 heterocycles. The third-order valence-electron chi connectivity index (χ3n) is 3.41. The summed E-state index contributed by atoms with van der Waals surface area (Å²) in [6.45, 7) is 2.10. The lowest BCUT2D eigenvalue weighted by Gasteiger charge is -2.31. The van der Waals surface area contributed by atoms with Crippen LogP contribution in [0.3, 0.4) is 0 Å². The van der Waals surface area contributed by atoms with Gasteiger partial charge >= 0.3 is 0 Å². The summed E-state index contributed by atoms with van der Waals surface area (Å²) in [5.41, 5.74) is 0.169. The van der Waals surface area contributed by atoms with Crippen LogP contribution in [-0.2, 0) is 4.74 Å². The van der Waals surface area contributed by atoms with Gasteiger partial charge < -0.3 is 9.64 Å².